The summed E-state index contributed by atoms with van der Waals surface area (Å²) in [4.78, 5) is 33.5. The third-order valence-electron chi connectivity index (χ3n) is 19.2. The predicted molar refractivity (Wildman–Crippen MR) is 548 cm³/mol. The SMILES string of the molecule is CC.CC.CC.CC.CC.CC.CC(C)(C)c1cc(C(C)(C)C)c(C(C)(C)C)cn1.CC(C)(C)c1ccc(C(C)(C)C)c(C(C)(C)C)c1.CC(C)(C)c1ccc(C(C)(C)C)c(C(C)(C)C)n1.CC(C)(C)c1cnc(C(C)(C)C)c(C(C)(C)C)c1.CC(C)(C)c1cnc(C(C)(C)C)c(C(C)(C)C)n1.CC(C)(C)c1ncc(C(C)(C)C)c(C(C)(C)C)n1. The second kappa shape index (κ2) is 47.4. The second-order valence-corrected chi connectivity index (χ2v) is 50.0. The minimum atomic E-state index is -0.00356. The molecule has 0 amide bonds. The zero-order valence-electron chi connectivity index (χ0n) is 93.5. The number of pyridine rings is 3. The fourth-order valence-electron chi connectivity index (χ4n) is 12.2. The molecule has 0 unspecified atom stereocenters. The molecule has 5 aromatic heterocycles. The molecule has 5 heterocycles. The molecule has 0 atom stereocenters. The van der Waals surface area contributed by atoms with Crippen LogP contribution in [0, 0.1) is 0 Å². The lowest BCUT2D eigenvalue weighted by Gasteiger charge is -2.32. The van der Waals surface area contributed by atoms with Gasteiger partial charge in [0.15, 0.2) is 0 Å². The highest BCUT2D eigenvalue weighted by Crippen LogP contribution is 2.42. The predicted octanol–water partition coefficient (Wildman–Crippen LogP) is 35.4. The van der Waals surface area contributed by atoms with Gasteiger partial charge in [0.05, 0.1) is 22.8 Å². The molecule has 0 saturated heterocycles. The lowest BCUT2D eigenvalue weighted by Crippen LogP contribution is -2.28. The van der Waals surface area contributed by atoms with Crippen molar-refractivity contribution in [2.45, 2.75) is 554 Å². The lowest BCUT2D eigenvalue weighted by molar-refractivity contribution is 0.479. The molecule has 7 nitrogen and oxygen atoms in total. The topological polar surface area (TPSA) is 90.2 Å². The third kappa shape index (κ3) is 43.2. The molecular weight excluding hydrogens is 1460 g/mol. The van der Waals surface area contributed by atoms with E-state index in [0.717, 1.165) is 22.9 Å². The van der Waals surface area contributed by atoms with Crippen LogP contribution in [0.2, 0.25) is 0 Å². The largest absolute Gasteiger partial charge is 0.260 e. The first-order valence-corrected chi connectivity index (χ1v) is 47.0. The third-order valence-corrected chi connectivity index (χ3v) is 19.2. The van der Waals surface area contributed by atoms with Gasteiger partial charge in [-0.2, -0.15) is 0 Å². The van der Waals surface area contributed by atoms with Gasteiger partial charge in [0, 0.05) is 96.3 Å². The first kappa shape index (κ1) is 126. The Balaban J connectivity index is -0.000000316. The van der Waals surface area contributed by atoms with Crippen molar-refractivity contribution < 1.29 is 0 Å². The van der Waals surface area contributed by atoms with Crippen molar-refractivity contribution in [2.75, 3.05) is 0 Å². The molecule has 0 radical (unpaired) electrons. The van der Waals surface area contributed by atoms with Crippen LogP contribution in [0.5, 0.6) is 0 Å². The summed E-state index contributed by atoms with van der Waals surface area (Å²) in [5.41, 5.74) is 23.8. The Bertz CT molecular complexity index is 3200. The first-order chi connectivity index (χ1) is 53.0. The maximum absolute atomic E-state index is 4.98. The normalized spacial score (nSPS) is 12.8. The van der Waals surface area contributed by atoms with Crippen LogP contribution in [0.1, 0.15) is 558 Å². The van der Waals surface area contributed by atoms with Crippen molar-refractivity contribution in [3.05, 3.63) is 169 Å². The van der Waals surface area contributed by atoms with Crippen molar-refractivity contribution in [3.8, 4) is 0 Å². The molecule has 0 aliphatic carbocycles. The lowest BCUT2D eigenvalue weighted by atomic mass is 9.73. The minimum absolute atomic E-state index is 0.00356. The second-order valence-electron chi connectivity index (χ2n) is 50.0. The summed E-state index contributed by atoms with van der Waals surface area (Å²) < 4.78 is 0. The number of rotatable bonds is 0. The fourth-order valence-corrected chi connectivity index (χ4v) is 12.2. The molecule has 0 fully saturated rings. The van der Waals surface area contributed by atoms with E-state index in [1.807, 2.05) is 95.5 Å². The van der Waals surface area contributed by atoms with E-state index >= 15 is 0 Å². The van der Waals surface area contributed by atoms with Crippen LogP contribution in [-0.4, -0.2) is 34.9 Å². The maximum Gasteiger partial charge on any atom is 0.133 e. The van der Waals surface area contributed by atoms with E-state index in [1.54, 1.807) is 0 Å². The quantitative estimate of drug-likeness (QED) is 0.150. The smallest absolute Gasteiger partial charge is 0.133 e. The molecule has 6 aromatic rings. The Hall–Kier alpha value is -5.17. The molecular formula is C113H209N7. The van der Waals surface area contributed by atoms with Crippen LogP contribution in [0.4, 0.5) is 0 Å². The molecule has 0 spiro atoms. The van der Waals surface area contributed by atoms with Gasteiger partial charge >= 0.3 is 0 Å². The van der Waals surface area contributed by atoms with E-state index in [1.165, 1.54) is 78.5 Å². The fraction of sp³-hybridized carbons (Fsp3) is 0.743. The van der Waals surface area contributed by atoms with Gasteiger partial charge in [-0.25, -0.2) is 9.97 Å². The summed E-state index contributed by atoms with van der Waals surface area (Å²) in [7, 11) is 0. The Morgan fingerprint density at radius 1 is 0.150 bits per heavy atom. The average Bonchev–Trinajstić information content (AvgIpc) is 0.813. The van der Waals surface area contributed by atoms with E-state index in [2.05, 4.69) is 434 Å². The summed E-state index contributed by atoms with van der Waals surface area (Å²) >= 11 is 0. The van der Waals surface area contributed by atoms with Gasteiger partial charge in [0.25, 0.3) is 0 Å². The number of nitrogens with zero attached hydrogens (tertiary/aromatic N) is 7. The number of aromatic nitrogens is 7. The van der Waals surface area contributed by atoms with Gasteiger partial charge in [-0.1, -0.05) is 487 Å². The monoisotopic (exact) mass is 1660 g/mol. The molecule has 1 aromatic carbocycles. The Labute approximate surface area is 753 Å². The molecule has 0 aliphatic heterocycles. The molecule has 7 heteroatoms. The number of hydrogen-bond acceptors (Lipinski definition) is 7. The Kier molecular flexibility index (Phi) is 49.6. The highest BCUT2D eigenvalue weighted by molar-refractivity contribution is 5.44. The molecule has 0 saturated carbocycles. The highest BCUT2D eigenvalue weighted by Gasteiger charge is 2.36. The molecule has 696 valence electrons. The van der Waals surface area contributed by atoms with Gasteiger partial charge in [-0.05, 0) is 111 Å². The van der Waals surface area contributed by atoms with Gasteiger partial charge < -0.3 is 0 Å². The van der Waals surface area contributed by atoms with E-state index in [-0.39, 0.29) is 97.5 Å². The molecule has 0 bridgehead atoms. The van der Waals surface area contributed by atoms with E-state index in [0.29, 0.717) is 0 Å². The summed E-state index contributed by atoms with van der Waals surface area (Å²) in [6.07, 6.45) is 8.10. The van der Waals surface area contributed by atoms with Gasteiger partial charge in [-0.3, -0.25) is 24.9 Å². The van der Waals surface area contributed by atoms with Gasteiger partial charge in [-0.15, -0.1) is 0 Å². The van der Waals surface area contributed by atoms with E-state index < -0.39 is 0 Å². The maximum atomic E-state index is 4.98. The Morgan fingerprint density at radius 2 is 0.433 bits per heavy atom. The van der Waals surface area contributed by atoms with Crippen molar-refractivity contribution in [2.24, 2.45) is 0 Å². The Morgan fingerprint density at radius 3 is 0.733 bits per heavy atom. The molecule has 0 N–H and O–H groups in total. The van der Waals surface area contributed by atoms with Crippen molar-refractivity contribution >= 4 is 0 Å². The number of benzene rings is 1. The number of hydrogen-bond donors (Lipinski definition) is 0. The van der Waals surface area contributed by atoms with E-state index in [4.69, 9.17) is 29.9 Å². The van der Waals surface area contributed by atoms with Crippen LogP contribution in [0.25, 0.3) is 0 Å². The molecule has 120 heavy (non-hydrogen) atoms. The van der Waals surface area contributed by atoms with Crippen LogP contribution in [0.15, 0.2) is 67.3 Å². The van der Waals surface area contributed by atoms with Crippen LogP contribution in [0.3, 0.4) is 0 Å². The molecule has 0 aliphatic rings. The zero-order valence-corrected chi connectivity index (χ0v) is 93.5. The van der Waals surface area contributed by atoms with E-state index in [9.17, 15) is 0 Å². The first-order valence-electron chi connectivity index (χ1n) is 47.0. The van der Waals surface area contributed by atoms with Crippen LogP contribution >= 0.6 is 0 Å². The zero-order chi connectivity index (χ0) is 98.1. The van der Waals surface area contributed by atoms with Crippen LogP contribution in [-0.2, 0) is 97.5 Å². The van der Waals surface area contributed by atoms with Crippen molar-refractivity contribution in [1.82, 2.24) is 34.9 Å². The van der Waals surface area contributed by atoms with Crippen LogP contribution < -0.4 is 0 Å². The van der Waals surface area contributed by atoms with Gasteiger partial charge in [0.1, 0.15) is 5.82 Å². The minimum Gasteiger partial charge on any atom is -0.260 e. The van der Waals surface area contributed by atoms with Gasteiger partial charge in [0.2, 0.25) is 0 Å². The standard InChI is InChI=1S/C18H30.3C17H29N.2C16H28N2.6C2H6/c1-16(2,3)13-10-11-14(17(4,5)6)15(12-13)18(7,8)9;1-15(2,3)12-10-14(17(7,8)9)18-11-13(12)16(4,5)6;1-15(2,3)12-10-13(16(4,5)6)14(18-11-12)17(7,8)9;1-15(2,3)12-10-11-13(16(4,5)6)18-14(12)17(7,8)9;1-14(2,3)11-10-17-12(15(4,5)6)13(18-11)16(7,8)9;1-14(2,3)11-10-17-13(16(7,8)9)18-12(11)15(4,5)6;6*1-2/h10-12H,1-9H3;3*10-11H,1-9H3;2*10H,1-9H3;6*1-2H3. The molecule has 6 rings (SSSR count). The highest BCUT2D eigenvalue weighted by atomic mass is 14.9. The van der Waals surface area contributed by atoms with Crippen molar-refractivity contribution in [3.63, 3.8) is 0 Å². The summed E-state index contributed by atoms with van der Waals surface area (Å²) in [5.74, 6) is 0.931. The summed E-state index contributed by atoms with van der Waals surface area (Å²) in [6.45, 7) is 145. The summed E-state index contributed by atoms with van der Waals surface area (Å²) in [5, 5.41) is 0. The average molecular weight is 1670 g/mol. The summed E-state index contributed by atoms with van der Waals surface area (Å²) in [6, 6.07) is 16.2. The van der Waals surface area contributed by atoms with Crippen molar-refractivity contribution in [1.29, 1.82) is 0 Å².